The van der Waals surface area contributed by atoms with Crippen LogP contribution in [0.25, 0.3) is 0 Å². The van der Waals surface area contributed by atoms with E-state index in [1.54, 1.807) is 7.11 Å². The third-order valence-corrected chi connectivity index (χ3v) is 4.26. The van der Waals surface area contributed by atoms with Crippen LogP contribution in [0.3, 0.4) is 0 Å². The van der Waals surface area contributed by atoms with Gasteiger partial charge in [0, 0.05) is 38.5 Å². The molecule has 1 unspecified atom stereocenters. The van der Waals surface area contributed by atoms with Gasteiger partial charge < -0.3 is 19.2 Å². The van der Waals surface area contributed by atoms with Gasteiger partial charge in [-0.15, -0.1) is 0 Å². The average Bonchev–Trinajstić information content (AvgIpc) is 3.16. The maximum absolute atomic E-state index is 12.5. The fraction of sp³-hybridized carbons (Fsp3) is 0.500. The van der Waals surface area contributed by atoms with Gasteiger partial charge in [0.25, 0.3) is 0 Å². The molecule has 1 aliphatic heterocycles. The summed E-state index contributed by atoms with van der Waals surface area (Å²) in [6, 6.07) is 3.98. The van der Waals surface area contributed by atoms with Gasteiger partial charge in [-0.3, -0.25) is 4.79 Å². The number of nitrogens with zero attached hydrogens (tertiary/aromatic N) is 3. The van der Waals surface area contributed by atoms with Crippen molar-refractivity contribution >= 4 is 5.91 Å². The number of rotatable bonds is 5. The van der Waals surface area contributed by atoms with E-state index in [1.807, 2.05) is 36.4 Å². The fourth-order valence-corrected chi connectivity index (χ4v) is 3.07. The molecule has 2 aromatic heterocycles. The lowest BCUT2D eigenvalue weighted by Gasteiger charge is -2.34. The van der Waals surface area contributed by atoms with E-state index in [4.69, 9.17) is 4.74 Å². The summed E-state index contributed by atoms with van der Waals surface area (Å²) in [6.45, 7) is 4.11. The quantitative estimate of drug-likeness (QED) is 0.917. The number of carbonyl (C=O) groups is 1. The van der Waals surface area contributed by atoms with Gasteiger partial charge in [-0.1, -0.05) is 0 Å². The van der Waals surface area contributed by atoms with Gasteiger partial charge >= 0.3 is 0 Å². The number of aryl methyl sites for hydroxylation is 1. The van der Waals surface area contributed by atoms with Crippen LogP contribution in [0.4, 0.5) is 0 Å². The maximum atomic E-state index is 12.5. The highest BCUT2D eigenvalue weighted by Crippen LogP contribution is 2.26. The largest absolute Gasteiger partial charge is 0.378 e. The van der Waals surface area contributed by atoms with Crippen molar-refractivity contribution in [3.63, 3.8) is 0 Å². The second kappa shape index (κ2) is 6.36. The van der Waals surface area contributed by atoms with E-state index in [0.29, 0.717) is 13.0 Å². The van der Waals surface area contributed by atoms with Crippen molar-refractivity contribution in [3.8, 4) is 0 Å². The van der Waals surface area contributed by atoms with E-state index in [2.05, 4.69) is 14.5 Å². The van der Waals surface area contributed by atoms with Crippen LogP contribution in [-0.4, -0.2) is 39.0 Å². The van der Waals surface area contributed by atoms with Crippen molar-refractivity contribution < 1.29 is 9.53 Å². The van der Waals surface area contributed by atoms with Crippen LogP contribution >= 0.6 is 0 Å². The summed E-state index contributed by atoms with van der Waals surface area (Å²) in [5.74, 6) is 1.14. The molecule has 3 heterocycles. The molecule has 0 spiro atoms. The first-order chi connectivity index (χ1) is 10.7. The van der Waals surface area contributed by atoms with Crippen molar-refractivity contribution in [2.45, 2.75) is 39.0 Å². The molecule has 0 aromatic carbocycles. The van der Waals surface area contributed by atoms with Crippen LogP contribution in [0, 0.1) is 0 Å². The van der Waals surface area contributed by atoms with E-state index in [-0.39, 0.29) is 11.9 Å². The van der Waals surface area contributed by atoms with E-state index in [0.717, 1.165) is 36.7 Å². The molecule has 22 heavy (non-hydrogen) atoms. The minimum Gasteiger partial charge on any atom is -0.378 e. The lowest BCUT2D eigenvalue weighted by molar-refractivity contribution is -0.134. The predicted octanol–water partition coefficient (Wildman–Crippen LogP) is 1.89. The third-order valence-electron chi connectivity index (χ3n) is 4.26. The van der Waals surface area contributed by atoms with E-state index in [1.165, 1.54) is 0 Å². The number of hydrogen-bond donors (Lipinski definition) is 1. The molecule has 0 aliphatic carbocycles. The van der Waals surface area contributed by atoms with Crippen LogP contribution in [0.1, 0.15) is 36.6 Å². The number of fused-ring (bicyclic) bond motifs is 1. The normalized spacial score (nSPS) is 17.5. The number of methoxy groups -OCH3 is 1. The Balaban J connectivity index is 1.67. The highest BCUT2D eigenvalue weighted by atomic mass is 16.5. The number of hydrogen-bond acceptors (Lipinski definition) is 3. The lowest BCUT2D eigenvalue weighted by Crippen LogP contribution is -2.41. The second-order valence-electron chi connectivity index (χ2n) is 5.65. The lowest BCUT2D eigenvalue weighted by atomic mass is 10.1. The number of imidazole rings is 1. The Morgan fingerprint density at radius 1 is 1.50 bits per heavy atom. The zero-order valence-corrected chi connectivity index (χ0v) is 13.1. The van der Waals surface area contributed by atoms with Crippen molar-refractivity contribution in [2.75, 3.05) is 13.7 Å². The monoisotopic (exact) mass is 302 g/mol. The van der Waals surface area contributed by atoms with Crippen molar-refractivity contribution in [1.82, 2.24) is 19.4 Å². The zero-order chi connectivity index (χ0) is 15.5. The topological polar surface area (TPSA) is 63.1 Å². The predicted molar refractivity (Wildman–Crippen MR) is 82.2 cm³/mol. The standard InChI is InChI=1S/C16H22N4O2/c1-12-16-18-10-14(11-22-2)20(16)9-8-19(12)15(21)6-5-13-4-3-7-17-13/h3-4,7,10,12,17H,5-6,8-9,11H2,1-2H3. The van der Waals surface area contributed by atoms with Crippen LogP contribution in [0.15, 0.2) is 24.5 Å². The molecule has 3 rings (SSSR count). The molecule has 1 atom stereocenters. The molecule has 1 N–H and O–H groups in total. The van der Waals surface area contributed by atoms with Gasteiger partial charge in [0.1, 0.15) is 5.82 Å². The Hall–Kier alpha value is -2.08. The minimum absolute atomic E-state index is 0.00972. The Morgan fingerprint density at radius 2 is 2.36 bits per heavy atom. The van der Waals surface area contributed by atoms with Gasteiger partial charge in [-0.25, -0.2) is 4.98 Å². The Kier molecular flexibility index (Phi) is 4.29. The van der Waals surface area contributed by atoms with Gasteiger partial charge in [0.15, 0.2) is 0 Å². The van der Waals surface area contributed by atoms with Gasteiger partial charge in [-0.2, -0.15) is 0 Å². The van der Waals surface area contributed by atoms with Crippen molar-refractivity contribution in [3.05, 3.63) is 41.7 Å². The molecule has 0 saturated heterocycles. The van der Waals surface area contributed by atoms with Crippen LogP contribution in [-0.2, 0) is 29.1 Å². The summed E-state index contributed by atoms with van der Waals surface area (Å²) in [5, 5.41) is 0. The number of H-pyrrole nitrogens is 1. The second-order valence-corrected chi connectivity index (χ2v) is 5.65. The van der Waals surface area contributed by atoms with Crippen molar-refractivity contribution in [2.24, 2.45) is 0 Å². The number of aromatic amines is 1. The Labute approximate surface area is 130 Å². The highest BCUT2D eigenvalue weighted by molar-refractivity contribution is 5.77. The average molecular weight is 302 g/mol. The molecule has 118 valence electrons. The highest BCUT2D eigenvalue weighted by Gasteiger charge is 2.29. The molecule has 2 aromatic rings. The third kappa shape index (κ3) is 2.78. The number of ether oxygens (including phenoxy) is 1. The Bertz CT molecular complexity index is 633. The SMILES string of the molecule is COCc1cnc2n1CCN(C(=O)CCc1ccc[nH]1)C2C. The molecule has 0 bridgehead atoms. The van der Waals surface area contributed by atoms with Crippen molar-refractivity contribution in [1.29, 1.82) is 0 Å². The summed E-state index contributed by atoms with van der Waals surface area (Å²) in [5.41, 5.74) is 2.17. The van der Waals surface area contributed by atoms with E-state index >= 15 is 0 Å². The molecule has 0 fully saturated rings. The molecular formula is C16H22N4O2. The first-order valence-electron chi connectivity index (χ1n) is 7.65. The van der Waals surface area contributed by atoms with Crippen LogP contribution < -0.4 is 0 Å². The summed E-state index contributed by atoms with van der Waals surface area (Å²) < 4.78 is 7.37. The summed E-state index contributed by atoms with van der Waals surface area (Å²) in [4.78, 5) is 22.0. The molecule has 6 heteroatoms. The first kappa shape index (κ1) is 14.8. The molecule has 6 nitrogen and oxygen atoms in total. The van der Waals surface area contributed by atoms with E-state index in [9.17, 15) is 4.79 Å². The zero-order valence-electron chi connectivity index (χ0n) is 13.1. The summed E-state index contributed by atoms with van der Waals surface area (Å²) >= 11 is 0. The molecule has 0 radical (unpaired) electrons. The number of amides is 1. The summed E-state index contributed by atoms with van der Waals surface area (Å²) in [6.07, 6.45) is 5.01. The molecule has 1 amide bonds. The minimum atomic E-state index is 0.00972. The maximum Gasteiger partial charge on any atom is 0.223 e. The molecule has 1 aliphatic rings. The number of carbonyl (C=O) groups excluding carboxylic acids is 1. The molecular weight excluding hydrogens is 280 g/mol. The van der Waals surface area contributed by atoms with Gasteiger partial charge in [0.05, 0.1) is 24.5 Å². The number of nitrogens with one attached hydrogen (secondary N) is 1. The van der Waals surface area contributed by atoms with Gasteiger partial charge in [-0.05, 0) is 25.5 Å². The van der Waals surface area contributed by atoms with Gasteiger partial charge in [0.2, 0.25) is 5.91 Å². The molecule has 0 saturated carbocycles. The smallest absolute Gasteiger partial charge is 0.223 e. The Morgan fingerprint density at radius 3 is 3.09 bits per heavy atom. The fourth-order valence-electron chi connectivity index (χ4n) is 3.07. The summed E-state index contributed by atoms with van der Waals surface area (Å²) in [7, 11) is 1.68. The van der Waals surface area contributed by atoms with Crippen LogP contribution in [0.2, 0.25) is 0 Å². The van der Waals surface area contributed by atoms with Crippen LogP contribution in [0.5, 0.6) is 0 Å². The number of aromatic nitrogens is 3. The first-order valence-corrected chi connectivity index (χ1v) is 7.65. The van der Waals surface area contributed by atoms with E-state index < -0.39 is 0 Å².